The molecule has 1 aromatic rings. The Kier molecular flexibility index (Phi) is 3.21. The first-order chi connectivity index (χ1) is 8.15. The molecule has 2 amide bonds. The van der Waals surface area contributed by atoms with Crippen LogP contribution in [-0.2, 0) is 20.9 Å². The van der Waals surface area contributed by atoms with Gasteiger partial charge < -0.3 is 9.84 Å². The van der Waals surface area contributed by atoms with Crippen LogP contribution in [-0.4, -0.2) is 41.1 Å². The van der Waals surface area contributed by atoms with Crippen molar-refractivity contribution in [1.82, 2.24) is 4.90 Å². The molecule has 0 unspecified atom stereocenters. The number of rotatable bonds is 3. The molecule has 90 valence electrons. The molecule has 2 rings (SSSR count). The van der Waals surface area contributed by atoms with Gasteiger partial charge in [-0.2, -0.15) is 0 Å². The third-order valence-electron chi connectivity index (χ3n) is 2.75. The van der Waals surface area contributed by atoms with Crippen LogP contribution in [0.3, 0.4) is 0 Å². The Morgan fingerprint density at radius 1 is 1.24 bits per heavy atom. The minimum Gasteiger partial charge on any atom is -0.380 e. The van der Waals surface area contributed by atoms with Gasteiger partial charge in [-0.3, -0.25) is 14.5 Å². The molecule has 1 saturated heterocycles. The third-order valence-corrected chi connectivity index (χ3v) is 2.75. The topological polar surface area (TPSA) is 66.8 Å². The molecule has 0 aromatic heterocycles. The molecule has 17 heavy (non-hydrogen) atoms. The van der Waals surface area contributed by atoms with Crippen molar-refractivity contribution < 1.29 is 19.4 Å². The molecule has 0 aliphatic carbocycles. The normalized spacial score (nSPS) is 24.5. The van der Waals surface area contributed by atoms with Crippen LogP contribution in [0.25, 0.3) is 0 Å². The number of likely N-dealkylation sites (tertiary alicyclic amines) is 1. The number of methoxy groups -OCH3 is 1. The van der Waals surface area contributed by atoms with Gasteiger partial charge in [-0.25, -0.2) is 0 Å². The van der Waals surface area contributed by atoms with E-state index >= 15 is 0 Å². The second kappa shape index (κ2) is 4.65. The molecule has 1 fully saturated rings. The van der Waals surface area contributed by atoms with E-state index in [1.807, 2.05) is 30.3 Å². The molecule has 1 aromatic carbocycles. The maximum atomic E-state index is 11.8. The summed E-state index contributed by atoms with van der Waals surface area (Å²) < 4.78 is 4.81. The smallest absolute Gasteiger partial charge is 0.261 e. The van der Waals surface area contributed by atoms with Gasteiger partial charge in [-0.15, -0.1) is 0 Å². The lowest BCUT2D eigenvalue weighted by Crippen LogP contribution is -2.32. The molecule has 1 heterocycles. The zero-order valence-corrected chi connectivity index (χ0v) is 9.37. The first-order valence-corrected chi connectivity index (χ1v) is 5.25. The number of aliphatic hydroxyl groups is 1. The largest absolute Gasteiger partial charge is 0.380 e. The lowest BCUT2D eigenvalue weighted by molar-refractivity contribution is -0.142. The number of hydrogen-bond donors (Lipinski definition) is 1. The van der Waals surface area contributed by atoms with Gasteiger partial charge >= 0.3 is 0 Å². The fourth-order valence-corrected chi connectivity index (χ4v) is 1.84. The summed E-state index contributed by atoms with van der Waals surface area (Å²) in [5.41, 5.74) is 0.832. The van der Waals surface area contributed by atoms with Crippen LogP contribution in [0.15, 0.2) is 30.3 Å². The first kappa shape index (κ1) is 11.8. The summed E-state index contributed by atoms with van der Waals surface area (Å²) >= 11 is 0. The van der Waals surface area contributed by atoms with Crippen LogP contribution in [0.4, 0.5) is 0 Å². The zero-order chi connectivity index (χ0) is 12.4. The SMILES string of the molecule is CO[C@H]1C(=O)N(Cc2ccccc2)C(=O)[C@@H]1O. The summed E-state index contributed by atoms with van der Waals surface area (Å²) in [5, 5.41) is 9.54. The molecular weight excluding hydrogens is 222 g/mol. The quantitative estimate of drug-likeness (QED) is 0.745. The first-order valence-electron chi connectivity index (χ1n) is 5.25. The summed E-state index contributed by atoms with van der Waals surface area (Å²) in [7, 11) is 1.30. The number of carbonyl (C=O) groups excluding carboxylic acids is 2. The lowest BCUT2D eigenvalue weighted by atomic mass is 10.2. The number of benzene rings is 1. The predicted octanol–water partition coefficient (Wildman–Crippen LogP) is -0.0687. The van der Waals surface area contributed by atoms with Gasteiger partial charge in [-0.1, -0.05) is 30.3 Å². The Labute approximate surface area is 98.6 Å². The Bertz CT molecular complexity index is 431. The van der Waals surface area contributed by atoms with Crippen LogP contribution in [0, 0.1) is 0 Å². The van der Waals surface area contributed by atoms with Crippen molar-refractivity contribution in [2.75, 3.05) is 7.11 Å². The lowest BCUT2D eigenvalue weighted by Gasteiger charge is -2.13. The molecule has 1 aliphatic heterocycles. The highest BCUT2D eigenvalue weighted by Crippen LogP contribution is 2.19. The third kappa shape index (κ3) is 2.07. The highest BCUT2D eigenvalue weighted by atomic mass is 16.5. The fraction of sp³-hybridized carbons (Fsp3) is 0.333. The van der Waals surface area contributed by atoms with E-state index in [4.69, 9.17) is 4.74 Å². The second-order valence-corrected chi connectivity index (χ2v) is 3.85. The zero-order valence-electron chi connectivity index (χ0n) is 9.37. The monoisotopic (exact) mass is 235 g/mol. The number of carbonyl (C=O) groups is 2. The van der Waals surface area contributed by atoms with Crippen LogP contribution >= 0.6 is 0 Å². The van der Waals surface area contributed by atoms with Gasteiger partial charge in [0.1, 0.15) is 0 Å². The van der Waals surface area contributed by atoms with E-state index in [0.717, 1.165) is 10.5 Å². The molecular formula is C12H13NO4. The van der Waals surface area contributed by atoms with Crippen LogP contribution in [0.5, 0.6) is 0 Å². The van der Waals surface area contributed by atoms with E-state index in [0.29, 0.717) is 0 Å². The number of nitrogens with zero attached hydrogens (tertiary/aromatic N) is 1. The van der Waals surface area contributed by atoms with Gasteiger partial charge in [0.15, 0.2) is 12.2 Å². The van der Waals surface area contributed by atoms with Gasteiger partial charge in [0, 0.05) is 7.11 Å². The molecule has 0 radical (unpaired) electrons. The van der Waals surface area contributed by atoms with Crippen LogP contribution in [0.1, 0.15) is 5.56 Å². The molecule has 0 saturated carbocycles. The van der Waals surface area contributed by atoms with E-state index < -0.39 is 24.0 Å². The number of aliphatic hydroxyl groups excluding tert-OH is 1. The van der Waals surface area contributed by atoms with E-state index in [1.165, 1.54) is 7.11 Å². The molecule has 5 nitrogen and oxygen atoms in total. The maximum absolute atomic E-state index is 11.8. The van der Waals surface area contributed by atoms with Gasteiger partial charge in [0.25, 0.3) is 11.8 Å². The van der Waals surface area contributed by atoms with Crippen molar-refractivity contribution in [1.29, 1.82) is 0 Å². The van der Waals surface area contributed by atoms with Crippen molar-refractivity contribution in [3.05, 3.63) is 35.9 Å². The minimum atomic E-state index is -1.39. The van der Waals surface area contributed by atoms with Gasteiger partial charge in [0.05, 0.1) is 6.54 Å². The summed E-state index contributed by atoms with van der Waals surface area (Å²) in [6.07, 6.45) is -2.47. The van der Waals surface area contributed by atoms with Crippen molar-refractivity contribution >= 4 is 11.8 Å². The van der Waals surface area contributed by atoms with E-state index in [2.05, 4.69) is 0 Å². The molecule has 1 aliphatic rings. The average Bonchev–Trinajstić information content (AvgIpc) is 2.55. The Morgan fingerprint density at radius 2 is 1.88 bits per heavy atom. The van der Waals surface area contributed by atoms with Gasteiger partial charge in [-0.05, 0) is 5.56 Å². The number of amides is 2. The molecule has 1 N–H and O–H groups in total. The predicted molar refractivity (Wildman–Crippen MR) is 58.8 cm³/mol. The molecule has 5 heteroatoms. The number of ether oxygens (including phenoxy) is 1. The minimum absolute atomic E-state index is 0.162. The van der Waals surface area contributed by atoms with Crippen molar-refractivity contribution in [3.63, 3.8) is 0 Å². The highest BCUT2D eigenvalue weighted by molar-refractivity contribution is 6.07. The van der Waals surface area contributed by atoms with E-state index in [-0.39, 0.29) is 6.54 Å². The summed E-state index contributed by atoms with van der Waals surface area (Å²) in [6, 6.07) is 9.12. The van der Waals surface area contributed by atoms with Crippen molar-refractivity contribution in [2.24, 2.45) is 0 Å². The summed E-state index contributed by atoms with van der Waals surface area (Å²) in [5.74, 6) is -1.10. The fourth-order valence-electron chi connectivity index (χ4n) is 1.84. The standard InChI is InChI=1S/C12H13NO4/c1-17-10-9(14)11(15)13(12(10)16)7-8-5-3-2-4-6-8/h2-6,9-10,14H,7H2,1H3/t9-,10-/m1/s1. The molecule has 0 spiro atoms. The average molecular weight is 235 g/mol. The molecule has 2 atom stereocenters. The van der Waals surface area contributed by atoms with Crippen molar-refractivity contribution in [2.45, 2.75) is 18.8 Å². The Balaban J connectivity index is 2.17. The van der Waals surface area contributed by atoms with E-state index in [9.17, 15) is 14.7 Å². The van der Waals surface area contributed by atoms with Gasteiger partial charge in [0.2, 0.25) is 0 Å². The van der Waals surface area contributed by atoms with Crippen molar-refractivity contribution in [3.8, 4) is 0 Å². The second-order valence-electron chi connectivity index (χ2n) is 3.85. The Hall–Kier alpha value is -1.72. The maximum Gasteiger partial charge on any atom is 0.261 e. The number of imide groups is 1. The van der Waals surface area contributed by atoms with E-state index in [1.54, 1.807) is 0 Å². The Morgan fingerprint density at radius 3 is 2.41 bits per heavy atom. The summed E-state index contributed by atoms with van der Waals surface area (Å²) in [6.45, 7) is 0.162. The highest BCUT2D eigenvalue weighted by Gasteiger charge is 2.47. The van der Waals surface area contributed by atoms with Crippen LogP contribution in [0.2, 0.25) is 0 Å². The summed E-state index contributed by atoms with van der Waals surface area (Å²) in [4.78, 5) is 24.5. The van der Waals surface area contributed by atoms with Crippen LogP contribution < -0.4 is 0 Å². The molecule has 0 bridgehead atoms. The number of hydrogen-bond acceptors (Lipinski definition) is 4.